The fraction of sp³-hybridized carbons (Fsp3) is 0.250. The molecule has 0 unspecified atom stereocenters. The number of allylic oxidation sites excluding steroid dienone is 1. The molecule has 6 nitrogen and oxygen atoms in total. The van der Waals surface area contributed by atoms with Gasteiger partial charge >= 0.3 is 0 Å². The lowest BCUT2D eigenvalue weighted by molar-refractivity contribution is 0.600. The maximum Gasteiger partial charge on any atom is 0.235 e. The van der Waals surface area contributed by atoms with Crippen LogP contribution in [0.2, 0.25) is 0 Å². The van der Waals surface area contributed by atoms with Crippen molar-refractivity contribution in [2.45, 2.75) is 38.9 Å². The molecule has 2 N–H and O–H groups in total. The third-order valence-electron chi connectivity index (χ3n) is 5.46. The van der Waals surface area contributed by atoms with Crippen LogP contribution in [0.4, 0.5) is 17.1 Å². The van der Waals surface area contributed by atoms with Crippen LogP contribution in [0, 0.1) is 13.8 Å². The van der Waals surface area contributed by atoms with Gasteiger partial charge in [0, 0.05) is 22.3 Å². The molecule has 0 bridgehead atoms. The van der Waals surface area contributed by atoms with Crippen molar-refractivity contribution in [3.8, 4) is 0 Å². The summed E-state index contributed by atoms with van der Waals surface area (Å²) < 4.78 is 28.5. The summed E-state index contributed by atoms with van der Waals surface area (Å²) in [5.74, 6) is 0. The van der Waals surface area contributed by atoms with E-state index in [1.807, 2.05) is 39.0 Å². The summed E-state index contributed by atoms with van der Waals surface area (Å²) >= 11 is 0. The van der Waals surface area contributed by atoms with Crippen molar-refractivity contribution < 1.29 is 8.42 Å². The van der Waals surface area contributed by atoms with Gasteiger partial charge in [-0.1, -0.05) is 30.9 Å². The van der Waals surface area contributed by atoms with E-state index in [4.69, 9.17) is 0 Å². The molecular formula is C24H26N4O2S. The minimum absolute atomic E-state index is 0.347. The third-order valence-corrected chi connectivity index (χ3v) is 7.31. The van der Waals surface area contributed by atoms with E-state index in [0.29, 0.717) is 24.2 Å². The Morgan fingerprint density at radius 2 is 1.90 bits per heavy atom. The van der Waals surface area contributed by atoms with Gasteiger partial charge in [-0.3, -0.25) is 4.72 Å². The van der Waals surface area contributed by atoms with E-state index in [2.05, 4.69) is 33.2 Å². The molecule has 0 spiro atoms. The van der Waals surface area contributed by atoms with E-state index in [-0.39, 0.29) is 5.25 Å². The SMILES string of the molecule is C=Cc1cc(C)ccc1Nc1c(NS(=O)(=O)C2CC2)cc2c(C)ncnc2c1C(=C)C. The molecule has 0 saturated heterocycles. The summed E-state index contributed by atoms with van der Waals surface area (Å²) in [5, 5.41) is 3.88. The normalized spacial score (nSPS) is 13.8. The Bertz CT molecular complexity index is 1330. The molecule has 0 radical (unpaired) electrons. The van der Waals surface area contributed by atoms with Crippen molar-refractivity contribution in [1.82, 2.24) is 9.97 Å². The number of rotatable bonds is 7. The number of hydrogen-bond donors (Lipinski definition) is 2. The molecule has 7 heteroatoms. The number of hydrogen-bond acceptors (Lipinski definition) is 5. The Morgan fingerprint density at radius 3 is 2.55 bits per heavy atom. The summed E-state index contributed by atoms with van der Waals surface area (Å²) in [7, 11) is -3.48. The molecule has 1 fully saturated rings. The molecule has 2 aromatic carbocycles. The molecule has 1 heterocycles. The Hall–Kier alpha value is -3.19. The molecule has 0 atom stereocenters. The lowest BCUT2D eigenvalue weighted by Crippen LogP contribution is -2.19. The van der Waals surface area contributed by atoms with Crippen LogP contribution in [0.15, 0.2) is 43.8 Å². The maximum atomic E-state index is 12.8. The van der Waals surface area contributed by atoms with E-state index in [0.717, 1.165) is 44.5 Å². The molecule has 0 aliphatic heterocycles. The van der Waals surface area contributed by atoms with Gasteiger partial charge < -0.3 is 5.32 Å². The lowest BCUT2D eigenvalue weighted by Gasteiger charge is -2.21. The maximum absolute atomic E-state index is 12.8. The fourth-order valence-electron chi connectivity index (χ4n) is 3.67. The summed E-state index contributed by atoms with van der Waals surface area (Å²) in [5.41, 5.74) is 6.95. The summed E-state index contributed by atoms with van der Waals surface area (Å²) in [4.78, 5) is 8.79. The van der Waals surface area contributed by atoms with E-state index in [1.54, 1.807) is 12.1 Å². The average Bonchev–Trinajstić information content (AvgIpc) is 3.55. The molecule has 160 valence electrons. The summed E-state index contributed by atoms with van der Waals surface area (Å²) in [6, 6.07) is 7.79. The standard InChI is InChI=1S/C24H26N4O2S/c1-6-17-11-15(4)7-10-20(17)27-24-21(28-31(29,30)18-8-9-18)12-19-16(5)25-13-26-23(19)22(24)14(2)3/h6-7,10-13,18,27-28H,1-2,8-9H2,3-5H3. The van der Waals surface area contributed by atoms with Gasteiger partial charge in [-0.05, 0) is 62.9 Å². The van der Waals surface area contributed by atoms with Gasteiger partial charge in [0.05, 0.1) is 22.1 Å². The Balaban J connectivity index is 1.98. The molecule has 1 aliphatic rings. The zero-order chi connectivity index (χ0) is 22.3. The van der Waals surface area contributed by atoms with Gasteiger partial charge in [-0.2, -0.15) is 0 Å². The number of fused-ring (bicyclic) bond motifs is 1. The summed E-state index contributed by atoms with van der Waals surface area (Å²) in [6.45, 7) is 13.9. The van der Waals surface area contributed by atoms with E-state index < -0.39 is 10.0 Å². The average molecular weight is 435 g/mol. The second-order valence-corrected chi connectivity index (χ2v) is 10.0. The monoisotopic (exact) mass is 434 g/mol. The van der Waals surface area contributed by atoms with E-state index in [1.165, 1.54) is 6.33 Å². The van der Waals surface area contributed by atoms with Gasteiger partial charge in [-0.15, -0.1) is 0 Å². The van der Waals surface area contributed by atoms with Crippen LogP contribution in [0.5, 0.6) is 0 Å². The zero-order valence-corrected chi connectivity index (χ0v) is 18.8. The first-order valence-corrected chi connectivity index (χ1v) is 11.7. The number of sulfonamides is 1. The molecule has 1 aromatic heterocycles. The zero-order valence-electron chi connectivity index (χ0n) is 18.0. The Morgan fingerprint density at radius 1 is 1.16 bits per heavy atom. The van der Waals surface area contributed by atoms with Crippen LogP contribution in [-0.2, 0) is 10.0 Å². The minimum atomic E-state index is -3.48. The number of benzene rings is 2. The van der Waals surface area contributed by atoms with Crippen molar-refractivity contribution in [1.29, 1.82) is 0 Å². The number of nitrogens with zero attached hydrogens (tertiary/aromatic N) is 2. The lowest BCUT2D eigenvalue weighted by atomic mass is 9.99. The first kappa shape index (κ1) is 21.1. The third kappa shape index (κ3) is 4.05. The number of aryl methyl sites for hydroxylation is 2. The van der Waals surface area contributed by atoms with Crippen molar-refractivity contribution in [2.75, 3.05) is 10.0 Å². The highest BCUT2D eigenvalue weighted by atomic mass is 32.2. The predicted octanol–water partition coefficient (Wildman–Crippen LogP) is 5.57. The summed E-state index contributed by atoms with van der Waals surface area (Å²) in [6.07, 6.45) is 4.65. The predicted molar refractivity (Wildman–Crippen MR) is 129 cm³/mol. The van der Waals surface area contributed by atoms with Crippen molar-refractivity contribution in [2.24, 2.45) is 0 Å². The highest BCUT2D eigenvalue weighted by molar-refractivity contribution is 7.93. The first-order chi connectivity index (χ1) is 14.7. The second-order valence-electron chi connectivity index (χ2n) is 8.08. The number of nitrogens with one attached hydrogen (secondary N) is 2. The second kappa shape index (κ2) is 7.81. The van der Waals surface area contributed by atoms with Crippen LogP contribution in [0.3, 0.4) is 0 Å². The van der Waals surface area contributed by atoms with Crippen molar-refractivity contribution in [3.05, 3.63) is 66.1 Å². The molecule has 0 amide bonds. The molecule has 4 rings (SSSR count). The largest absolute Gasteiger partial charge is 0.353 e. The highest BCUT2D eigenvalue weighted by Crippen LogP contribution is 2.41. The highest BCUT2D eigenvalue weighted by Gasteiger charge is 2.36. The topological polar surface area (TPSA) is 84.0 Å². The van der Waals surface area contributed by atoms with Crippen LogP contribution in [-0.4, -0.2) is 23.6 Å². The van der Waals surface area contributed by atoms with E-state index >= 15 is 0 Å². The number of anilines is 3. The molecule has 1 saturated carbocycles. The van der Waals surface area contributed by atoms with Crippen molar-refractivity contribution >= 4 is 49.6 Å². The van der Waals surface area contributed by atoms with Gasteiger partial charge in [0.2, 0.25) is 10.0 Å². The van der Waals surface area contributed by atoms with Crippen LogP contribution in [0.1, 0.15) is 42.1 Å². The Kier molecular flexibility index (Phi) is 5.31. The molecule has 3 aromatic rings. The smallest absolute Gasteiger partial charge is 0.235 e. The molecule has 31 heavy (non-hydrogen) atoms. The van der Waals surface area contributed by atoms with Gasteiger partial charge in [-0.25, -0.2) is 18.4 Å². The fourth-order valence-corrected chi connectivity index (χ4v) is 5.06. The van der Waals surface area contributed by atoms with E-state index in [9.17, 15) is 8.42 Å². The van der Waals surface area contributed by atoms with Gasteiger partial charge in [0.1, 0.15) is 6.33 Å². The minimum Gasteiger partial charge on any atom is -0.353 e. The Labute approximate surface area is 183 Å². The van der Waals surface area contributed by atoms with Crippen LogP contribution in [0.25, 0.3) is 22.6 Å². The van der Waals surface area contributed by atoms with Gasteiger partial charge in [0.15, 0.2) is 0 Å². The van der Waals surface area contributed by atoms with Crippen LogP contribution < -0.4 is 10.0 Å². The molecule has 1 aliphatic carbocycles. The number of aromatic nitrogens is 2. The molecular weight excluding hydrogens is 408 g/mol. The van der Waals surface area contributed by atoms with Crippen LogP contribution >= 0.6 is 0 Å². The quantitative estimate of drug-likeness (QED) is 0.508. The van der Waals surface area contributed by atoms with Gasteiger partial charge in [0.25, 0.3) is 0 Å². The first-order valence-electron chi connectivity index (χ1n) is 10.2. The van der Waals surface area contributed by atoms with Crippen molar-refractivity contribution in [3.63, 3.8) is 0 Å².